The fourth-order valence-corrected chi connectivity index (χ4v) is 2.14. The van der Waals surface area contributed by atoms with Gasteiger partial charge < -0.3 is 16.5 Å². The van der Waals surface area contributed by atoms with Crippen molar-refractivity contribution < 1.29 is 4.79 Å². The van der Waals surface area contributed by atoms with Gasteiger partial charge in [0.15, 0.2) is 0 Å². The van der Waals surface area contributed by atoms with Crippen LogP contribution in [-0.2, 0) is 10.2 Å². The number of carbonyl (C=O) groups excluding carboxylic acids is 1. The van der Waals surface area contributed by atoms with E-state index in [2.05, 4.69) is 42.9 Å². The molecule has 0 saturated heterocycles. The monoisotopic (exact) mass is 288 g/mol. The van der Waals surface area contributed by atoms with Gasteiger partial charge in [-0.15, -0.1) is 0 Å². The first-order valence-electron chi connectivity index (χ1n) is 7.09. The maximum absolute atomic E-state index is 11.5. The van der Waals surface area contributed by atoms with Crippen molar-refractivity contribution in [2.24, 2.45) is 16.9 Å². The fourth-order valence-electron chi connectivity index (χ4n) is 2.14. The smallest absolute Gasteiger partial charge is 0.225 e. The minimum absolute atomic E-state index is 0.0636. The van der Waals surface area contributed by atoms with Gasteiger partial charge >= 0.3 is 0 Å². The number of nitrogens with zero attached hydrogens (tertiary/aromatic N) is 1. The van der Waals surface area contributed by atoms with Crippen LogP contribution >= 0.6 is 0 Å². The third-order valence-corrected chi connectivity index (χ3v) is 4.07. The van der Waals surface area contributed by atoms with Gasteiger partial charge in [0.25, 0.3) is 0 Å². The second kappa shape index (κ2) is 4.84. The quantitative estimate of drug-likeness (QED) is 0.808. The first-order chi connectivity index (χ1) is 9.53. The van der Waals surface area contributed by atoms with Crippen molar-refractivity contribution in [3.63, 3.8) is 0 Å². The highest BCUT2D eigenvalue weighted by atomic mass is 16.1. The lowest BCUT2D eigenvalue weighted by Crippen LogP contribution is -2.41. The predicted octanol–water partition coefficient (Wildman–Crippen LogP) is 2.37. The summed E-state index contributed by atoms with van der Waals surface area (Å²) in [6.45, 7) is 9.94. The highest BCUT2D eigenvalue weighted by Gasteiger charge is 2.35. The number of rotatable bonds is 3. The minimum atomic E-state index is -0.860. The van der Waals surface area contributed by atoms with Crippen LogP contribution in [0.25, 0.3) is 11.0 Å². The van der Waals surface area contributed by atoms with Crippen LogP contribution < -0.4 is 11.5 Å². The Hall–Kier alpha value is -1.88. The van der Waals surface area contributed by atoms with Gasteiger partial charge in [-0.05, 0) is 37.0 Å². The summed E-state index contributed by atoms with van der Waals surface area (Å²) in [6, 6.07) is 5.55. The molecular formula is C16H24N4O. The van der Waals surface area contributed by atoms with E-state index in [1.165, 1.54) is 5.56 Å². The van der Waals surface area contributed by atoms with Crippen molar-refractivity contribution in [2.45, 2.75) is 46.1 Å². The van der Waals surface area contributed by atoms with Gasteiger partial charge in [0.05, 0.1) is 22.5 Å². The van der Waals surface area contributed by atoms with Crippen LogP contribution in [0.5, 0.6) is 0 Å². The van der Waals surface area contributed by atoms with Gasteiger partial charge in [-0.1, -0.05) is 26.8 Å². The van der Waals surface area contributed by atoms with Crippen molar-refractivity contribution in [3.05, 3.63) is 29.6 Å². The summed E-state index contributed by atoms with van der Waals surface area (Å²) >= 11 is 0. The number of benzene rings is 1. The molecule has 0 radical (unpaired) electrons. The number of nitrogens with two attached hydrogens (primary N) is 2. The topological polar surface area (TPSA) is 97.8 Å². The Morgan fingerprint density at radius 2 is 1.86 bits per heavy atom. The molecule has 0 fully saturated rings. The molecule has 1 atom stereocenters. The average molecular weight is 288 g/mol. The predicted molar refractivity (Wildman–Crippen MR) is 84.7 cm³/mol. The van der Waals surface area contributed by atoms with E-state index in [1.807, 2.05) is 6.07 Å². The van der Waals surface area contributed by atoms with Gasteiger partial charge in [-0.25, -0.2) is 4.98 Å². The molecule has 5 heteroatoms. The largest absolute Gasteiger partial charge is 0.369 e. The van der Waals surface area contributed by atoms with Crippen LogP contribution in [-0.4, -0.2) is 15.9 Å². The van der Waals surface area contributed by atoms with Crippen LogP contribution in [0.15, 0.2) is 18.2 Å². The molecule has 0 saturated carbocycles. The first-order valence-corrected chi connectivity index (χ1v) is 7.09. The van der Waals surface area contributed by atoms with Crippen LogP contribution in [0.2, 0.25) is 0 Å². The standard InChI is InChI=1S/C16H24N4O/c1-15(2,3)9-6-7-10-11(8-9)20-13(19-10)12(17)16(4,5)14(18)21/h6-8,12H,17H2,1-5H3,(H2,18,21)(H,19,20). The molecule has 1 amide bonds. The van der Waals surface area contributed by atoms with E-state index >= 15 is 0 Å². The number of primary amides is 1. The molecule has 0 aliphatic carbocycles. The van der Waals surface area contributed by atoms with Gasteiger partial charge in [-0.2, -0.15) is 0 Å². The van der Waals surface area contributed by atoms with Gasteiger partial charge in [-0.3, -0.25) is 4.79 Å². The van der Waals surface area contributed by atoms with E-state index < -0.39 is 17.4 Å². The average Bonchev–Trinajstić information content (AvgIpc) is 2.78. The third-order valence-electron chi connectivity index (χ3n) is 4.07. The maximum Gasteiger partial charge on any atom is 0.225 e. The number of H-pyrrole nitrogens is 1. The zero-order chi connectivity index (χ0) is 16.0. The summed E-state index contributed by atoms with van der Waals surface area (Å²) in [7, 11) is 0. The molecule has 2 aromatic rings. The lowest BCUT2D eigenvalue weighted by Gasteiger charge is -2.26. The lowest BCUT2D eigenvalue weighted by molar-refractivity contribution is -0.127. The zero-order valence-corrected chi connectivity index (χ0v) is 13.3. The van der Waals surface area contributed by atoms with Gasteiger partial charge in [0.1, 0.15) is 5.82 Å². The summed E-state index contributed by atoms with van der Waals surface area (Å²) in [4.78, 5) is 19.3. The molecule has 1 heterocycles. The van der Waals surface area contributed by atoms with Crippen LogP contribution in [0.1, 0.15) is 52.0 Å². The number of fused-ring (bicyclic) bond motifs is 1. The number of hydrogen-bond donors (Lipinski definition) is 3. The zero-order valence-electron chi connectivity index (χ0n) is 13.3. The summed E-state index contributed by atoms with van der Waals surface area (Å²) in [6.07, 6.45) is 0. The van der Waals surface area contributed by atoms with Crippen molar-refractivity contribution >= 4 is 16.9 Å². The number of aromatic nitrogens is 2. The molecule has 5 N–H and O–H groups in total. The number of amides is 1. The molecule has 21 heavy (non-hydrogen) atoms. The Balaban J connectivity index is 2.46. The normalized spacial score (nSPS) is 14.4. The van der Waals surface area contributed by atoms with Crippen molar-refractivity contribution in [1.82, 2.24) is 9.97 Å². The Morgan fingerprint density at radius 1 is 1.24 bits per heavy atom. The molecule has 5 nitrogen and oxygen atoms in total. The van der Waals surface area contributed by atoms with Gasteiger partial charge in [0, 0.05) is 0 Å². The summed E-state index contributed by atoms with van der Waals surface area (Å²) in [5, 5.41) is 0. The van der Waals surface area contributed by atoms with E-state index in [1.54, 1.807) is 13.8 Å². The Labute approximate surface area is 125 Å². The Morgan fingerprint density at radius 3 is 2.38 bits per heavy atom. The van der Waals surface area contributed by atoms with E-state index in [-0.39, 0.29) is 5.41 Å². The van der Waals surface area contributed by atoms with E-state index in [0.29, 0.717) is 5.82 Å². The van der Waals surface area contributed by atoms with Gasteiger partial charge in [0.2, 0.25) is 5.91 Å². The number of hydrogen-bond acceptors (Lipinski definition) is 3. The Bertz CT molecular complexity index is 679. The SMILES string of the molecule is CC(C)(C)c1ccc2nc(C(N)C(C)(C)C(N)=O)[nH]c2c1. The number of aromatic amines is 1. The molecular weight excluding hydrogens is 264 g/mol. The molecule has 2 rings (SSSR count). The van der Waals surface area contributed by atoms with Crippen LogP contribution in [0, 0.1) is 5.41 Å². The summed E-state index contributed by atoms with van der Waals surface area (Å²) in [5.41, 5.74) is 13.8. The van der Waals surface area contributed by atoms with Crippen molar-refractivity contribution in [3.8, 4) is 0 Å². The molecule has 1 aromatic carbocycles. The molecule has 114 valence electrons. The van der Waals surface area contributed by atoms with Crippen molar-refractivity contribution in [2.75, 3.05) is 0 Å². The number of nitrogens with one attached hydrogen (secondary N) is 1. The van der Waals surface area contributed by atoms with Crippen LogP contribution in [0.3, 0.4) is 0 Å². The number of carbonyl (C=O) groups is 1. The second-order valence-corrected chi connectivity index (χ2v) is 7.17. The third kappa shape index (κ3) is 2.78. The lowest BCUT2D eigenvalue weighted by atomic mass is 9.84. The first kappa shape index (κ1) is 15.5. The molecule has 0 aliphatic heterocycles. The molecule has 0 aliphatic rings. The highest BCUT2D eigenvalue weighted by molar-refractivity contribution is 5.81. The summed E-state index contributed by atoms with van der Waals surface area (Å²) in [5.74, 6) is 0.144. The second-order valence-electron chi connectivity index (χ2n) is 7.17. The number of imidazole rings is 1. The molecule has 0 spiro atoms. The van der Waals surface area contributed by atoms with E-state index in [4.69, 9.17) is 11.5 Å². The maximum atomic E-state index is 11.5. The highest BCUT2D eigenvalue weighted by Crippen LogP contribution is 2.31. The molecule has 0 bridgehead atoms. The molecule has 1 unspecified atom stereocenters. The minimum Gasteiger partial charge on any atom is -0.369 e. The Kier molecular flexibility index (Phi) is 3.58. The van der Waals surface area contributed by atoms with E-state index in [9.17, 15) is 4.79 Å². The summed E-state index contributed by atoms with van der Waals surface area (Å²) < 4.78 is 0. The molecule has 1 aromatic heterocycles. The fraction of sp³-hybridized carbons (Fsp3) is 0.500. The van der Waals surface area contributed by atoms with Crippen molar-refractivity contribution in [1.29, 1.82) is 0 Å². The van der Waals surface area contributed by atoms with E-state index in [0.717, 1.165) is 11.0 Å². The van der Waals surface area contributed by atoms with Crippen LogP contribution in [0.4, 0.5) is 0 Å².